The van der Waals surface area contributed by atoms with Crippen molar-refractivity contribution in [2.45, 2.75) is 0 Å². The number of aliphatic hydroxyl groups is 1. The van der Waals surface area contributed by atoms with Gasteiger partial charge in [0.2, 0.25) is 0 Å². The molecule has 7 heteroatoms. The molecule has 7 nitrogen and oxygen atoms in total. The zero-order valence-electron chi connectivity index (χ0n) is 11.8. The summed E-state index contributed by atoms with van der Waals surface area (Å²) >= 11 is 0. The fourth-order valence-electron chi connectivity index (χ4n) is 1.46. The van der Waals surface area contributed by atoms with Crippen molar-refractivity contribution in [3.05, 3.63) is 48.0 Å². The molecule has 1 aromatic rings. The van der Waals surface area contributed by atoms with Crippen LogP contribution in [0, 0.1) is 0 Å². The Bertz CT molecular complexity index is 518. The van der Waals surface area contributed by atoms with E-state index < -0.39 is 17.9 Å². The molecule has 0 fully saturated rings. The van der Waals surface area contributed by atoms with E-state index in [-0.39, 0.29) is 19.8 Å². The Morgan fingerprint density at radius 3 is 2.23 bits per heavy atom. The van der Waals surface area contributed by atoms with E-state index in [0.29, 0.717) is 17.7 Å². The molecule has 0 bridgehead atoms. The largest absolute Gasteiger partial charge is 0.460 e. The zero-order chi connectivity index (χ0) is 16.4. The van der Waals surface area contributed by atoms with Gasteiger partial charge in [-0.2, -0.15) is 0 Å². The third kappa shape index (κ3) is 5.47. The molecule has 0 radical (unpaired) electrons. The number of carbonyl (C=O) groups is 3. The van der Waals surface area contributed by atoms with Gasteiger partial charge in [-0.3, -0.25) is 0 Å². The molecule has 1 aliphatic rings. The van der Waals surface area contributed by atoms with Crippen LogP contribution in [0.1, 0.15) is 20.7 Å². The average Bonchev–Trinajstić information content (AvgIpc) is 2.83. The Hall–Kier alpha value is -2.51. The first-order chi connectivity index (χ1) is 10.6. The van der Waals surface area contributed by atoms with E-state index >= 15 is 0 Å². The fraction of sp³-hybridized carbons (Fsp3) is 0.267. The Morgan fingerprint density at radius 2 is 1.73 bits per heavy atom. The topological polar surface area (TPSA) is 99.1 Å². The summed E-state index contributed by atoms with van der Waals surface area (Å²) in [5.41, 5.74) is 0.718. The van der Waals surface area contributed by atoms with Crippen molar-refractivity contribution in [1.29, 1.82) is 0 Å². The monoisotopic (exact) mass is 308 g/mol. The van der Waals surface area contributed by atoms with Crippen LogP contribution >= 0.6 is 0 Å². The van der Waals surface area contributed by atoms with Crippen LogP contribution in [0.15, 0.2) is 36.9 Å². The minimum absolute atomic E-state index is 0.0184. The molecule has 1 aromatic carbocycles. The van der Waals surface area contributed by atoms with Crippen LogP contribution < -0.4 is 0 Å². The number of hydrogen-bond acceptors (Lipinski definition) is 7. The molecule has 0 saturated heterocycles. The highest BCUT2D eigenvalue weighted by molar-refractivity contribution is 6.14. The molecule has 0 spiro atoms. The lowest BCUT2D eigenvalue weighted by Crippen LogP contribution is -2.09. The molecule has 0 amide bonds. The maximum absolute atomic E-state index is 10.8. The molecule has 1 N–H and O–H groups in total. The molecule has 0 aromatic heterocycles. The molecule has 0 saturated carbocycles. The molecule has 1 heterocycles. The number of rotatable bonds is 6. The number of benzene rings is 1. The van der Waals surface area contributed by atoms with Gasteiger partial charge in [-0.05, 0) is 12.1 Å². The highest BCUT2D eigenvalue weighted by Gasteiger charge is 2.28. The maximum atomic E-state index is 10.8. The number of hydrogen-bond donors (Lipinski definition) is 1. The molecular weight excluding hydrogens is 292 g/mol. The van der Waals surface area contributed by atoms with Gasteiger partial charge in [0.15, 0.2) is 0 Å². The van der Waals surface area contributed by atoms with Gasteiger partial charge in [-0.1, -0.05) is 18.7 Å². The van der Waals surface area contributed by atoms with E-state index in [2.05, 4.69) is 16.1 Å². The Morgan fingerprint density at radius 1 is 1.14 bits per heavy atom. The number of fused-ring (bicyclic) bond motifs is 1. The number of carbonyl (C=O) groups excluding carboxylic acids is 3. The number of aliphatic hydroxyl groups excluding tert-OH is 1. The molecule has 0 aliphatic carbocycles. The first-order valence-electron chi connectivity index (χ1n) is 6.43. The summed E-state index contributed by atoms with van der Waals surface area (Å²) in [6.45, 7) is 3.98. The second-order valence-corrected chi connectivity index (χ2v) is 3.93. The molecule has 1 aliphatic heterocycles. The predicted molar refractivity (Wildman–Crippen MR) is 75.2 cm³/mol. The Labute approximate surface area is 127 Å². The SMILES string of the molecule is C=CC(=O)OCCOCCO.O=C1OC(=O)c2ccccc21. The molecule has 0 atom stereocenters. The average molecular weight is 308 g/mol. The Kier molecular flexibility index (Phi) is 7.52. The van der Waals surface area contributed by atoms with Gasteiger partial charge >= 0.3 is 17.9 Å². The zero-order valence-corrected chi connectivity index (χ0v) is 11.8. The van der Waals surface area contributed by atoms with Crippen LogP contribution in [0.5, 0.6) is 0 Å². The second-order valence-electron chi connectivity index (χ2n) is 3.93. The number of ether oxygens (including phenoxy) is 3. The maximum Gasteiger partial charge on any atom is 0.346 e. The van der Waals surface area contributed by atoms with Crippen molar-refractivity contribution in [2.75, 3.05) is 26.4 Å². The molecule has 118 valence electrons. The summed E-state index contributed by atoms with van der Waals surface area (Å²) in [6, 6.07) is 6.53. The van der Waals surface area contributed by atoms with Gasteiger partial charge in [0, 0.05) is 6.08 Å². The van der Waals surface area contributed by atoms with Crippen molar-refractivity contribution in [3.8, 4) is 0 Å². The van der Waals surface area contributed by atoms with Crippen molar-refractivity contribution in [1.82, 2.24) is 0 Å². The summed E-state index contributed by atoms with van der Waals surface area (Å²) in [6.07, 6.45) is 1.09. The van der Waals surface area contributed by atoms with Gasteiger partial charge in [-0.15, -0.1) is 0 Å². The quantitative estimate of drug-likeness (QED) is 0.358. The summed E-state index contributed by atoms with van der Waals surface area (Å²) in [7, 11) is 0. The minimum Gasteiger partial charge on any atom is -0.460 e. The second kappa shape index (κ2) is 9.43. The van der Waals surface area contributed by atoms with Crippen LogP contribution in [0.25, 0.3) is 0 Å². The van der Waals surface area contributed by atoms with E-state index in [4.69, 9.17) is 9.84 Å². The van der Waals surface area contributed by atoms with Gasteiger partial charge < -0.3 is 19.3 Å². The minimum atomic E-state index is -0.550. The van der Waals surface area contributed by atoms with Crippen LogP contribution in [-0.2, 0) is 19.0 Å². The molecule has 22 heavy (non-hydrogen) atoms. The number of cyclic esters (lactones) is 2. The van der Waals surface area contributed by atoms with Gasteiger partial charge in [-0.25, -0.2) is 14.4 Å². The van der Waals surface area contributed by atoms with E-state index in [1.807, 2.05) is 0 Å². The lowest BCUT2D eigenvalue weighted by molar-refractivity contribution is -0.139. The van der Waals surface area contributed by atoms with E-state index in [0.717, 1.165) is 6.08 Å². The fourth-order valence-corrected chi connectivity index (χ4v) is 1.46. The Balaban J connectivity index is 0.000000220. The highest BCUT2D eigenvalue weighted by atomic mass is 16.6. The van der Waals surface area contributed by atoms with Crippen LogP contribution in [0.4, 0.5) is 0 Å². The van der Waals surface area contributed by atoms with Crippen LogP contribution in [0.2, 0.25) is 0 Å². The summed E-state index contributed by atoms with van der Waals surface area (Å²) in [4.78, 5) is 32.1. The molecule has 0 unspecified atom stereocenters. The highest BCUT2D eigenvalue weighted by Crippen LogP contribution is 2.18. The lowest BCUT2D eigenvalue weighted by Gasteiger charge is -2.01. The van der Waals surface area contributed by atoms with Crippen molar-refractivity contribution in [2.24, 2.45) is 0 Å². The first-order valence-corrected chi connectivity index (χ1v) is 6.43. The van der Waals surface area contributed by atoms with Crippen molar-refractivity contribution >= 4 is 17.9 Å². The summed E-state index contributed by atoms with van der Waals surface area (Å²) in [5, 5.41) is 8.27. The van der Waals surface area contributed by atoms with Crippen LogP contribution in [0.3, 0.4) is 0 Å². The summed E-state index contributed by atoms with van der Waals surface area (Å²) < 4.78 is 13.7. The first kappa shape index (κ1) is 17.5. The lowest BCUT2D eigenvalue weighted by atomic mass is 10.1. The third-order valence-electron chi connectivity index (χ3n) is 2.43. The predicted octanol–water partition coefficient (Wildman–Crippen LogP) is 0.722. The van der Waals surface area contributed by atoms with Crippen molar-refractivity contribution < 1.29 is 33.7 Å². The standard InChI is InChI=1S/C8H4O3.C7H12O4/c9-7-5-3-1-2-4-6(5)8(10)11-7;1-2-7(9)11-6-5-10-4-3-8/h1-4H;2,8H,1,3-6H2. The van der Waals surface area contributed by atoms with E-state index in [1.54, 1.807) is 24.3 Å². The van der Waals surface area contributed by atoms with Gasteiger partial charge in [0.05, 0.1) is 30.9 Å². The van der Waals surface area contributed by atoms with Crippen molar-refractivity contribution in [3.63, 3.8) is 0 Å². The number of esters is 3. The normalized spacial score (nSPS) is 11.9. The molecular formula is C15H16O7. The van der Waals surface area contributed by atoms with Gasteiger partial charge in [0.25, 0.3) is 0 Å². The third-order valence-corrected chi connectivity index (χ3v) is 2.43. The summed E-state index contributed by atoms with van der Waals surface area (Å²) in [5.74, 6) is -1.56. The van der Waals surface area contributed by atoms with Crippen LogP contribution in [-0.4, -0.2) is 49.4 Å². The van der Waals surface area contributed by atoms with E-state index in [9.17, 15) is 14.4 Å². The van der Waals surface area contributed by atoms with E-state index in [1.165, 1.54) is 0 Å². The van der Waals surface area contributed by atoms with Gasteiger partial charge in [0.1, 0.15) is 6.61 Å². The smallest absolute Gasteiger partial charge is 0.346 e. The molecule has 2 rings (SSSR count).